The van der Waals surface area contributed by atoms with Gasteiger partial charge >= 0.3 is 5.69 Å². The molecule has 0 aliphatic carbocycles. The maximum absolute atomic E-state index is 11.0. The second-order valence-corrected chi connectivity index (χ2v) is 4.83. The van der Waals surface area contributed by atoms with E-state index in [0.717, 1.165) is 18.7 Å². The van der Waals surface area contributed by atoms with Gasteiger partial charge in [0.05, 0.1) is 11.5 Å². The molecule has 1 heterocycles. The Bertz CT molecular complexity index is 481. The normalized spacial score (nSPS) is 19.8. The molecule has 1 atom stereocenters. The number of likely N-dealkylation sites (N-methyl/N-ethyl adjacent to an activating group) is 1. The third-order valence-corrected chi connectivity index (χ3v) is 3.22. The first-order chi connectivity index (χ1) is 9.60. The lowest BCUT2D eigenvalue weighted by Gasteiger charge is -2.29. The van der Waals surface area contributed by atoms with Crippen LogP contribution in [-0.2, 0) is 11.3 Å². The summed E-state index contributed by atoms with van der Waals surface area (Å²) in [6.07, 6.45) is -0.0742. The molecule has 7 nitrogen and oxygen atoms in total. The standard InChI is InChI=1S/C13H19N3O4/c1-15-4-5-19-11(8-15)9-20-13-6-10(7-14)2-3-12(13)16(17)18/h2-3,6,11H,4-5,7-9,14H2,1H3. The highest BCUT2D eigenvalue weighted by molar-refractivity contribution is 5.48. The zero-order chi connectivity index (χ0) is 14.5. The molecule has 1 fully saturated rings. The van der Waals surface area contributed by atoms with Crippen LogP contribution in [-0.4, -0.2) is 49.3 Å². The van der Waals surface area contributed by atoms with E-state index in [-0.39, 0.29) is 17.5 Å². The molecule has 1 aromatic rings. The Morgan fingerprint density at radius 1 is 1.60 bits per heavy atom. The van der Waals surface area contributed by atoms with Crippen molar-refractivity contribution >= 4 is 5.69 Å². The van der Waals surface area contributed by atoms with Crippen LogP contribution in [0.2, 0.25) is 0 Å². The van der Waals surface area contributed by atoms with Crippen LogP contribution in [0.25, 0.3) is 0 Å². The van der Waals surface area contributed by atoms with E-state index in [0.29, 0.717) is 19.8 Å². The number of morpholine rings is 1. The Morgan fingerprint density at radius 3 is 3.05 bits per heavy atom. The number of nitrogens with zero attached hydrogens (tertiary/aromatic N) is 2. The van der Waals surface area contributed by atoms with Gasteiger partial charge in [0.1, 0.15) is 12.7 Å². The van der Waals surface area contributed by atoms with E-state index in [2.05, 4.69) is 4.90 Å². The van der Waals surface area contributed by atoms with E-state index >= 15 is 0 Å². The molecule has 0 spiro atoms. The van der Waals surface area contributed by atoms with E-state index < -0.39 is 4.92 Å². The highest BCUT2D eigenvalue weighted by atomic mass is 16.6. The van der Waals surface area contributed by atoms with Crippen LogP contribution in [0, 0.1) is 10.1 Å². The van der Waals surface area contributed by atoms with Gasteiger partial charge in [0.25, 0.3) is 0 Å². The Hall–Kier alpha value is -1.70. The van der Waals surface area contributed by atoms with Gasteiger partial charge < -0.3 is 20.1 Å². The zero-order valence-electron chi connectivity index (χ0n) is 11.4. The van der Waals surface area contributed by atoms with Gasteiger partial charge in [0, 0.05) is 25.7 Å². The Labute approximate surface area is 117 Å². The number of benzene rings is 1. The minimum atomic E-state index is -0.455. The molecular weight excluding hydrogens is 262 g/mol. The molecule has 2 rings (SSSR count). The number of rotatable bonds is 5. The Balaban J connectivity index is 2.05. The summed E-state index contributed by atoms with van der Waals surface area (Å²) < 4.78 is 11.1. The highest BCUT2D eigenvalue weighted by Crippen LogP contribution is 2.28. The van der Waals surface area contributed by atoms with Crippen molar-refractivity contribution in [3.8, 4) is 5.75 Å². The van der Waals surface area contributed by atoms with E-state index in [4.69, 9.17) is 15.2 Å². The molecule has 1 aromatic carbocycles. The van der Waals surface area contributed by atoms with Crippen LogP contribution in [0.3, 0.4) is 0 Å². The number of nitro benzene ring substituents is 1. The third-order valence-electron chi connectivity index (χ3n) is 3.22. The van der Waals surface area contributed by atoms with Gasteiger partial charge in [0.2, 0.25) is 0 Å². The average molecular weight is 281 g/mol. The fourth-order valence-corrected chi connectivity index (χ4v) is 2.10. The summed E-state index contributed by atoms with van der Waals surface area (Å²) in [4.78, 5) is 12.7. The van der Waals surface area contributed by atoms with Gasteiger partial charge in [-0.05, 0) is 18.7 Å². The van der Waals surface area contributed by atoms with Gasteiger partial charge in [-0.2, -0.15) is 0 Å². The summed E-state index contributed by atoms with van der Waals surface area (Å²) in [6, 6.07) is 4.67. The van der Waals surface area contributed by atoms with Crippen molar-refractivity contribution in [2.24, 2.45) is 5.73 Å². The largest absolute Gasteiger partial charge is 0.484 e. The number of hydrogen-bond donors (Lipinski definition) is 1. The predicted octanol–water partition coefficient (Wildman–Crippen LogP) is 0.763. The molecule has 0 aromatic heterocycles. The van der Waals surface area contributed by atoms with Gasteiger partial charge in [-0.15, -0.1) is 0 Å². The van der Waals surface area contributed by atoms with Crippen molar-refractivity contribution in [3.63, 3.8) is 0 Å². The van der Waals surface area contributed by atoms with E-state index in [1.807, 2.05) is 7.05 Å². The lowest BCUT2D eigenvalue weighted by Crippen LogP contribution is -2.42. The lowest BCUT2D eigenvalue weighted by molar-refractivity contribution is -0.386. The topological polar surface area (TPSA) is 90.9 Å². The van der Waals surface area contributed by atoms with Crippen LogP contribution in [0.4, 0.5) is 5.69 Å². The van der Waals surface area contributed by atoms with Gasteiger partial charge in [-0.1, -0.05) is 6.07 Å². The second-order valence-electron chi connectivity index (χ2n) is 4.83. The molecule has 0 bridgehead atoms. The molecule has 20 heavy (non-hydrogen) atoms. The van der Waals surface area contributed by atoms with E-state index in [1.165, 1.54) is 6.07 Å². The molecule has 1 unspecified atom stereocenters. The second kappa shape index (κ2) is 6.65. The number of hydrogen-bond acceptors (Lipinski definition) is 6. The molecule has 0 amide bonds. The van der Waals surface area contributed by atoms with Gasteiger partial charge in [0.15, 0.2) is 5.75 Å². The summed E-state index contributed by atoms with van der Waals surface area (Å²) in [6.45, 7) is 2.90. The molecule has 110 valence electrons. The van der Waals surface area contributed by atoms with Crippen LogP contribution in [0.5, 0.6) is 5.75 Å². The van der Waals surface area contributed by atoms with Crippen LogP contribution in [0.1, 0.15) is 5.56 Å². The summed E-state index contributed by atoms with van der Waals surface area (Å²) in [5.74, 6) is 0.245. The number of nitro groups is 1. The molecular formula is C13H19N3O4. The van der Waals surface area contributed by atoms with Crippen molar-refractivity contribution in [3.05, 3.63) is 33.9 Å². The maximum Gasteiger partial charge on any atom is 0.310 e. The van der Waals surface area contributed by atoms with Gasteiger partial charge in [-0.3, -0.25) is 10.1 Å². The monoisotopic (exact) mass is 281 g/mol. The fraction of sp³-hybridized carbons (Fsp3) is 0.538. The molecule has 0 radical (unpaired) electrons. The summed E-state index contributed by atoms with van der Waals surface area (Å²) in [7, 11) is 2.01. The van der Waals surface area contributed by atoms with Crippen molar-refractivity contribution in [2.45, 2.75) is 12.6 Å². The van der Waals surface area contributed by atoms with Crippen LogP contribution in [0.15, 0.2) is 18.2 Å². The van der Waals surface area contributed by atoms with Crippen LogP contribution < -0.4 is 10.5 Å². The molecule has 1 saturated heterocycles. The number of nitrogens with two attached hydrogens (primary N) is 1. The first-order valence-corrected chi connectivity index (χ1v) is 6.50. The summed E-state index contributed by atoms with van der Waals surface area (Å²) >= 11 is 0. The molecule has 1 aliphatic rings. The first kappa shape index (κ1) is 14.7. The molecule has 7 heteroatoms. The Morgan fingerprint density at radius 2 is 2.40 bits per heavy atom. The summed E-state index contributed by atoms with van der Waals surface area (Å²) in [5.41, 5.74) is 6.29. The van der Waals surface area contributed by atoms with E-state index in [1.54, 1.807) is 12.1 Å². The lowest BCUT2D eigenvalue weighted by atomic mass is 10.2. The van der Waals surface area contributed by atoms with Crippen molar-refractivity contribution in [2.75, 3.05) is 33.4 Å². The molecule has 1 aliphatic heterocycles. The Kier molecular flexibility index (Phi) is 4.89. The summed E-state index contributed by atoms with van der Waals surface area (Å²) in [5, 5.41) is 11.0. The molecule has 2 N–H and O–H groups in total. The minimum Gasteiger partial charge on any atom is -0.484 e. The predicted molar refractivity (Wildman–Crippen MR) is 73.7 cm³/mol. The fourth-order valence-electron chi connectivity index (χ4n) is 2.10. The van der Waals surface area contributed by atoms with E-state index in [9.17, 15) is 10.1 Å². The third kappa shape index (κ3) is 3.66. The quantitative estimate of drug-likeness (QED) is 0.633. The van der Waals surface area contributed by atoms with Crippen molar-refractivity contribution in [1.29, 1.82) is 0 Å². The van der Waals surface area contributed by atoms with Gasteiger partial charge in [-0.25, -0.2) is 0 Å². The number of ether oxygens (including phenoxy) is 2. The molecule has 0 saturated carbocycles. The van der Waals surface area contributed by atoms with Crippen molar-refractivity contribution < 1.29 is 14.4 Å². The maximum atomic E-state index is 11.0. The average Bonchev–Trinajstić information content (AvgIpc) is 2.44. The smallest absolute Gasteiger partial charge is 0.310 e. The first-order valence-electron chi connectivity index (χ1n) is 6.50. The zero-order valence-corrected chi connectivity index (χ0v) is 11.4. The van der Waals surface area contributed by atoms with Crippen LogP contribution >= 0.6 is 0 Å². The highest BCUT2D eigenvalue weighted by Gasteiger charge is 2.21. The minimum absolute atomic E-state index is 0.0497. The SMILES string of the molecule is CN1CCOC(COc2cc(CN)ccc2[N+](=O)[O-])C1. The van der Waals surface area contributed by atoms with Crippen molar-refractivity contribution in [1.82, 2.24) is 4.90 Å².